The first-order valence-electron chi connectivity index (χ1n) is 5.47. The first-order valence-corrected chi connectivity index (χ1v) is 5.47. The van der Waals surface area contributed by atoms with E-state index in [-0.39, 0.29) is 12.3 Å². The molecule has 0 bridgehead atoms. The van der Waals surface area contributed by atoms with Crippen molar-refractivity contribution in [1.29, 1.82) is 0 Å². The van der Waals surface area contributed by atoms with Crippen molar-refractivity contribution >= 4 is 0 Å². The number of aliphatic hydroxyl groups is 1. The zero-order chi connectivity index (χ0) is 12.6. The molecular weight excluding hydrogens is 210 g/mol. The molecule has 0 aliphatic carbocycles. The highest BCUT2D eigenvalue weighted by atomic mass is 16.7. The van der Waals surface area contributed by atoms with Gasteiger partial charge in [-0.25, -0.2) is 0 Å². The summed E-state index contributed by atoms with van der Waals surface area (Å²) >= 11 is 0. The molecule has 0 saturated heterocycles. The van der Waals surface area contributed by atoms with E-state index in [2.05, 4.69) is 5.32 Å². The van der Waals surface area contributed by atoms with Crippen molar-refractivity contribution in [2.75, 3.05) is 34.5 Å². The topological polar surface area (TPSA) is 60.0 Å². The lowest BCUT2D eigenvalue weighted by Gasteiger charge is -2.28. The van der Waals surface area contributed by atoms with Crippen LogP contribution in [0.4, 0.5) is 0 Å². The van der Waals surface area contributed by atoms with Crippen molar-refractivity contribution in [2.24, 2.45) is 0 Å². The van der Waals surface area contributed by atoms with Crippen LogP contribution in [-0.2, 0) is 14.2 Å². The first-order chi connectivity index (χ1) is 7.46. The van der Waals surface area contributed by atoms with Gasteiger partial charge < -0.3 is 24.6 Å². The summed E-state index contributed by atoms with van der Waals surface area (Å²) in [7, 11) is 4.81. The Morgan fingerprint density at radius 2 is 1.81 bits per heavy atom. The van der Waals surface area contributed by atoms with Crippen LogP contribution in [-0.4, -0.2) is 57.5 Å². The summed E-state index contributed by atoms with van der Waals surface area (Å²) in [4.78, 5) is 0. The third-order valence-electron chi connectivity index (χ3n) is 2.52. The number of nitrogens with one attached hydrogen (secondary N) is 1. The molecule has 0 spiro atoms. The zero-order valence-corrected chi connectivity index (χ0v) is 10.9. The second-order valence-corrected chi connectivity index (χ2v) is 4.25. The molecule has 0 heterocycles. The van der Waals surface area contributed by atoms with Gasteiger partial charge in [0.1, 0.15) is 0 Å². The molecule has 2 N–H and O–H groups in total. The maximum Gasteiger partial charge on any atom is 0.171 e. The molecule has 0 fully saturated rings. The van der Waals surface area contributed by atoms with Gasteiger partial charge in [-0.15, -0.1) is 0 Å². The molecule has 5 heteroatoms. The fraction of sp³-hybridized carbons (Fsp3) is 1.00. The maximum absolute atomic E-state index is 10.00. The summed E-state index contributed by atoms with van der Waals surface area (Å²) in [5, 5.41) is 13.2. The Balaban J connectivity index is 3.92. The average Bonchev–Trinajstić information content (AvgIpc) is 2.25. The second-order valence-electron chi connectivity index (χ2n) is 4.25. The molecule has 0 rings (SSSR count). The van der Waals surface area contributed by atoms with E-state index in [1.54, 1.807) is 28.3 Å². The van der Waals surface area contributed by atoms with E-state index in [0.717, 1.165) is 0 Å². The molecule has 0 aromatic carbocycles. The lowest BCUT2D eigenvalue weighted by Crippen LogP contribution is -2.47. The molecule has 16 heavy (non-hydrogen) atoms. The van der Waals surface area contributed by atoms with Crippen molar-refractivity contribution in [3.8, 4) is 0 Å². The van der Waals surface area contributed by atoms with Crippen molar-refractivity contribution in [1.82, 2.24) is 5.32 Å². The van der Waals surface area contributed by atoms with Gasteiger partial charge in [-0.2, -0.15) is 0 Å². The highest BCUT2D eigenvalue weighted by Gasteiger charge is 2.23. The standard InChI is InChI=1S/C11H25NO4/c1-9(10(15-4)16-5)12-8-11(2,13)6-7-14-3/h9-10,12-13H,6-8H2,1-5H3. The Labute approximate surface area is 98.1 Å². The zero-order valence-electron chi connectivity index (χ0n) is 10.9. The fourth-order valence-corrected chi connectivity index (χ4v) is 1.39. The maximum atomic E-state index is 10.00. The minimum absolute atomic E-state index is 0.0176. The molecule has 0 radical (unpaired) electrons. The van der Waals surface area contributed by atoms with Gasteiger partial charge >= 0.3 is 0 Å². The minimum Gasteiger partial charge on any atom is -0.389 e. The molecule has 98 valence electrons. The lowest BCUT2D eigenvalue weighted by molar-refractivity contribution is -0.121. The SMILES string of the molecule is COCCC(C)(O)CNC(C)C(OC)OC. The average molecular weight is 235 g/mol. The smallest absolute Gasteiger partial charge is 0.171 e. The lowest BCUT2D eigenvalue weighted by atomic mass is 10.0. The quantitative estimate of drug-likeness (QED) is 0.565. The van der Waals surface area contributed by atoms with Gasteiger partial charge in [0.2, 0.25) is 0 Å². The van der Waals surface area contributed by atoms with Crippen molar-refractivity contribution < 1.29 is 19.3 Å². The molecule has 0 aliphatic rings. The molecule has 5 nitrogen and oxygen atoms in total. The van der Waals surface area contributed by atoms with Crippen LogP contribution < -0.4 is 5.32 Å². The van der Waals surface area contributed by atoms with Crippen LogP contribution in [0.2, 0.25) is 0 Å². The predicted molar refractivity (Wildman–Crippen MR) is 62.4 cm³/mol. The molecule has 0 aliphatic heterocycles. The summed E-state index contributed by atoms with van der Waals surface area (Å²) in [6.45, 7) is 4.74. The number of hydrogen-bond acceptors (Lipinski definition) is 5. The summed E-state index contributed by atoms with van der Waals surface area (Å²) in [5.74, 6) is 0. The summed E-state index contributed by atoms with van der Waals surface area (Å²) < 4.78 is 15.2. The summed E-state index contributed by atoms with van der Waals surface area (Å²) in [5.41, 5.74) is -0.781. The van der Waals surface area contributed by atoms with Crippen LogP contribution in [0, 0.1) is 0 Å². The number of methoxy groups -OCH3 is 3. The van der Waals surface area contributed by atoms with Crippen molar-refractivity contribution in [3.05, 3.63) is 0 Å². The van der Waals surface area contributed by atoms with Crippen LogP contribution in [0.5, 0.6) is 0 Å². The molecule has 0 aromatic heterocycles. The molecular formula is C11H25NO4. The van der Waals surface area contributed by atoms with Crippen LogP contribution in [0.25, 0.3) is 0 Å². The van der Waals surface area contributed by atoms with E-state index < -0.39 is 5.60 Å². The van der Waals surface area contributed by atoms with E-state index in [4.69, 9.17) is 14.2 Å². The van der Waals surface area contributed by atoms with Gasteiger partial charge in [-0.1, -0.05) is 0 Å². The monoisotopic (exact) mass is 235 g/mol. The van der Waals surface area contributed by atoms with Gasteiger partial charge in [0.05, 0.1) is 11.6 Å². The Bertz CT molecular complexity index is 171. The van der Waals surface area contributed by atoms with E-state index in [9.17, 15) is 5.11 Å². The third kappa shape index (κ3) is 6.40. The predicted octanol–water partition coefficient (Wildman–Crippen LogP) is 0.371. The molecule has 2 unspecified atom stereocenters. The second kappa shape index (κ2) is 7.97. The largest absolute Gasteiger partial charge is 0.389 e. The third-order valence-corrected chi connectivity index (χ3v) is 2.52. The Morgan fingerprint density at radius 1 is 1.25 bits per heavy atom. The van der Waals surface area contributed by atoms with Crippen molar-refractivity contribution in [3.63, 3.8) is 0 Å². The van der Waals surface area contributed by atoms with Gasteiger partial charge in [-0.3, -0.25) is 0 Å². The summed E-state index contributed by atoms with van der Waals surface area (Å²) in [6, 6.07) is 0.0176. The van der Waals surface area contributed by atoms with Crippen molar-refractivity contribution in [2.45, 2.75) is 38.2 Å². The molecule has 0 amide bonds. The molecule has 0 saturated carbocycles. The Kier molecular flexibility index (Phi) is 7.87. The van der Waals surface area contributed by atoms with E-state index in [0.29, 0.717) is 19.6 Å². The Hall–Kier alpha value is -0.200. The van der Waals surface area contributed by atoms with Gasteiger partial charge in [0, 0.05) is 40.9 Å². The highest BCUT2D eigenvalue weighted by molar-refractivity contribution is 4.78. The number of hydrogen-bond donors (Lipinski definition) is 2. The number of rotatable bonds is 9. The van der Waals surface area contributed by atoms with Gasteiger partial charge in [-0.05, 0) is 13.8 Å². The normalized spacial score (nSPS) is 17.4. The van der Waals surface area contributed by atoms with E-state index in [1.807, 2.05) is 6.92 Å². The van der Waals surface area contributed by atoms with Crippen LogP contribution in [0.15, 0.2) is 0 Å². The first kappa shape index (κ1) is 15.8. The fourth-order valence-electron chi connectivity index (χ4n) is 1.39. The molecule has 0 aromatic rings. The van der Waals surface area contributed by atoms with E-state index >= 15 is 0 Å². The highest BCUT2D eigenvalue weighted by Crippen LogP contribution is 2.09. The van der Waals surface area contributed by atoms with Crippen LogP contribution >= 0.6 is 0 Å². The number of ether oxygens (including phenoxy) is 3. The molecule has 2 atom stereocenters. The minimum atomic E-state index is -0.781. The van der Waals surface area contributed by atoms with Crippen LogP contribution in [0.1, 0.15) is 20.3 Å². The van der Waals surface area contributed by atoms with Gasteiger partial charge in [0.25, 0.3) is 0 Å². The van der Waals surface area contributed by atoms with E-state index in [1.165, 1.54) is 0 Å². The summed E-state index contributed by atoms with van der Waals surface area (Å²) in [6.07, 6.45) is 0.284. The Morgan fingerprint density at radius 3 is 2.25 bits per heavy atom. The van der Waals surface area contributed by atoms with Gasteiger partial charge in [0.15, 0.2) is 6.29 Å². The van der Waals surface area contributed by atoms with Crippen LogP contribution in [0.3, 0.4) is 0 Å².